The van der Waals surface area contributed by atoms with Crippen molar-refractivity contribution in [2.24, 2.45) is 0 Å². The largest absolute Gasteiger partial charge is 0.358 e. The van der Waals surface area contributed by atoms with Crippen LogP contribution in [0.1, 0.15) is 45.0 Å². The number of carbonyl (C=O) groups is 1. The number of hydrogen-bond acceptors (Lipinski definition) is 4. The zero-order valence-electron chi connectivity index (χ0n) is 15.9. The number of carbonyl (C=O) groups excluding carboxylic acids is 1. The topological polar surface area (TPSA) is 58.1 Å². The molecule has 1 N–H and O–H groups in total. The van der Waals surface area contributed by atoms with Crippen LogP contribution < -0.4 is 5.32 Å². The Hall–Kier alpha value is -2.43. The molecule has 0 radical (unpaired) electrons. The molecule has 1 aromatic carbocycles. The second-order valence-corrected chi connectivity index (χ2v) is 7.92. The van der Waals surface area contributed by atoms with E-state index in [0.29, 0.717) is 0 Å². The van der Waals surface area contributed by atoms with Crippen LogP contribution in [0.4, 0.5) is 5.82 Å². The van der Waals surface area contributed by atoms with Crippen LogP contribution in [0, 0.1) is 0 Å². The van der Waals surface area contributed by atoms with E-state index in [1.807, 2.05) is 17.0 Å². The standard InChI is InChI=1S/C21H28N4O/c1-21(2,3)20-22-13-11-18(24-20)23-17-12-15-25(19(17)26)14-7-10-16-8-5-4-6-9-16/h4-6,8-9,11,13,17H,7,10,12,14-15H2,1-3H3,(H,22,23,24). The Morgan fingerprint density at radius 1 is 1.19 bits per heavy atom. The lowest BCUT2D eigenvalue weighted by Gasteiger charge is -2.19. The number of amides is 1. The van der Waals surface area contributed by atoms with E-state index in [1.54, 1.807) is 6.20 Å². The molecule has 1 aromatic heterocycles. The summed E-state index contributed by atoms with van der Waals surface area (Å²) in [5.41, 5.74) is 1.21. The Morgan fingerprint density at radius 3 is 2.69 bits per heavy atom. The predicted molar refractivity (Wildman–Crippen MR) is 104 cm³/mol. The number of nitrogens with zero attached hydrogens (tertiary/aromatic N) is 3. The molecule has 5 heteroatoms. The Balaban J connectivity index is 1.53. The number of aromatic nitrogens is 2. The summed E-state index contributed by atoms with van der Waals surface area (Å²) in [5.74, 6) is 1.69. The molecule has 26 heavy (non-hydrogen) atoms. The van der Waals surface area contributed by atoms with Crippen LogP contribution in [0.25, 0.3) is 0 Å². The first-order valence-electron chi connectivity index (χ1n) is 9.36. The fourth-order valence-electron chi connectivity index (χ4n) is 3.19. The first-order chi connectivity index (χ1) is 12.4. The van der Waals surface area contributed by atoms with Crippen LogP contribution in [-0.4, -0.2) is 39.9 Å². The molecule has 3 rings (SSSR count). The van der Waals surface area contributed by atoms with Gasteiger partial charge in [0.2, 0.25) is 5.91 Å². The summed E-state index contributed by atoms with van der Waals surface area (Å²) in [4.78, 5) is 23.5. The monoisotopic (exact) mass is 352 g/mol. The molecule has 138 valence electrons. The molecule has 0 bridgehead atoms. The van der Waals surface area contributed by atoms with Crippen LogP contribution in [0.5, 0.6) is 0 Å². The molecule has 2 aromatic rings. The summed E-state index contributed by atoms with van der Waals surface area (Å²) in [6.07, 6.45) is 4.57. The third-order valence-electron chi connectivity index (χ3n) is 4.68. The maximum absolute atomic E-state index is 12.7. The van der Waals surface area contributed by atoms with E-state index in [-0.39, 0.29) is 17.4 Å². The van der Waals surface area contributed by atoms with Crippen molar-refractivity contribution < 1.29 is 4.79 Å². The molecule has 1 atom stereocenters. The maximum atomic E-state index is 12.7. The second kappa shape index (κ2) is 7.85. The van der Waals surface area contributed by atoms with Gasteiger partial charge in [0, 0.05) is 24.7 Å². The van der Waals surface area contributed by atoms with Crippen LogP contribution in [0.3, 0.4) is 0 Å². The molecular formula is C21H28N4O. The van der Waals surface area contributed by atoms with Gasteiger partial charge in [-0.1, -0.05) is 51.1 Å². The number of anilines is 1. The fourth-order valence-corrected chi connectivity index (χ4v) is 3.19. The zero-order chi connectivity index (χ0) is 18.6. The fraction of sp³-hybridized carbons (Fsp3) is 0.476. The lowest BCUT2D eigenvalue weighted by Crippen LogP contribution is -2.34. The highest BCUT2D eigenvalue weighted by atomic mass is 16.2. The van der Waals surface area contributed by atoms with Crippen LogP contribution in [-0.2, 0) is 16.6 Å². The smallest absolute Gasteiger partial charge is 0.245 e. The number of benzene rings is 1. The average molecular weight is 352 g/mol. The predicted octanol–water partition coefficient (Wildman–Crippen LogP) is 3.42. The van der Waals surface area contributed by atoms with Crippen molar-refractivity contribution in [2.45, 2.75) is 51.5 Å². The van der Waals surface area contributed by atoms with Gasteiger partial charge in [-0.3, -0.25) is 4.79 Å². The van der Waals surface area contributed by atoms with E-state index < -0.39 is 0 Å². The molecule has 0 spiro atoms. The molecule has 2 heterocycles. The van der Waals surface area contributed by atoms with Crippen LogP contribution in [0.15, 0.2) is 42.6 Å². The van der Waals surface area contributed by atoms with Gasteiger partial charge in [-0.15, -0.1) is 0 Å². The second-order valence-electron chi connectivity index (χ2n) is 7.92. The number of hydrogen-bond donors (Lipinski definition) is 1. The summed E-state index contributed by atoms with van der Waals surface area (Å²) >= 11 is 0. The highest BCUT2D eigenvalue weighted by Gasteiger charge is 2.31. The minimum Gasteiger partial charge on any atom is -0.358 e. The molecule has 5 nitrogen and oxygen atoms in total. The number of nitrogens with one attached hydrogen (secondary N) is 1. The van der Waals surface area contributed by atoms with E-state index in [9.17, 15) is 4.79 Å². The molecule has 1 amide bonds. The van der Waals surface area contributed by atoms with Crippen molar-refractivity contribution in [3.63, 3.8) is 0 Å². The highest BCUT2D eigenvalue weighted by Crippen LogP contribution is 2.21. The number of rotatable bonds is 6. The van der Waals surface area contributed by atoms with Crippen molar-refractivity contribution in [2.75, 3.05) is 18.4 Å². The van der Waals surface area contributed by atoms with Gasteiger partial charge in [-0.2, -0.15) is 0 Å². The SMILES string of the molecule is CC(C)(C)c1nccc(NC2CCN(CCCc3ccccc3)C2=O)n1. The van der Waals surface area contributed by atoms with Gasteiger partial charge in [0.25, 0.3) is 0 Å². The third kappa shape index (κ3) is 4.59. The van der Waals surface area contributed by atoms with E-state index in [4.69, 9.17) is 0 Å². The van der Waals surface area contributed by atoms with Crippen molar-refractivity contribution in [3.8, 4) is 0 Å². The van der Waals surface area contributed by atoms with Crippen molar-refractivity contribution in [3.05, 3.63) is 54.0 Å². The molecule has 1 saturated heterocycles. The first kappa shape index (κ1) is 18.4. The molecular weight excluding hydrogens is 324 g/mol. The van der Waals surface area contributed by atoms with E-state index in [0.717, 1.165) is 44.0 Å². The van der Waals surface area contributed by atoms with Gasteiger partial charge < -0.3 is 10.2 Å². The van der Waals surface area contributed by atoms with Crippen molar-refractivity contribution in [1.82, 2.24) is 14.9 Å². The summed E-state index contributed by atoms with van der Waals surface area (Å²) in [6, 6.07) is 12.1. The average Bonchev–Trinajstić information content (AvgIpc) is 2.96. The Bertz CT molecular complexity index is 739. The summed E-state index contributed by atoms with van der Waals surface area (Å²) in [6.45, 7) is 7.87. The van der Waals surface area contributed by atoms with Gasteiger partial charge >= 0.3 is 0 Å². The normalized spacial score (nSPS) is 17.6. The molecule has 0 saturated carbocycles. The number of likely N-dealkylation sites (tertiary alicyclic amines) is 1. The van der Waals surface area contributed by atoms with E-state index >= 15 is 0 Å². The van der Waals surface area contributed by atoms with Gasteiger partial charge in [0.15, 0.2) is 0 Å². The van der Waals surface area contributed by atoms with Gasteiger partial charge in [0.05, 0.1) is 0 Å². The third-order valence-corrected chi connectivity index (χ3v) is 4.68. The molecule has 1 aliphatic heterocycles. The molecule has 0 aliphatic carbocycles. The van der Waals surface area contributed by atoms with Gasteiger partial charge in [-0.05, 0) is 30.9 Å². The summed E-state index contributed by atoms with van der Waals surface area (Å²) in [5, 5.41) is 3.30. The molecule has 1 unspecified atom stereocenters. The minimum atomic E-state index is -0.186. The highest BCUT2D eigenvalue weighted by molar-refractivity contribution is 5.86. The Kier molecular flexibility index (Phi) is 5.55. The van der Waals surface area contributed by atoms with E-state index in [2.05, 4.69) is 60.3 Å². The van der Waals surface area contributed by atoms with Crippen LogP contribution in [0.2, 0.25) is 0 Å². The lowest BCUT2D eigenvalue weighted by atomic mass is 9.96. The quantitative estimate of drug-likeness (QED) is 0.865. The Labute approximate surface area is 155 Å². The van der Waals surface area contributed by atoms with Crippen LogP contribution >= 0.6 is 0 Å². The first-order valence-corrected chi connectivity index (χ1v) is 9.36. The zero-order valence-corrected chi connectivity index (χ0v) is 15.9. The molecule has 1 aliphatic rings. The lowest BCUT2D eigenvalue weighted by molar-refractivity contribution is -0.128. The summed E-state index contributed by atoms with van der Waals surface area (Å²) in [7, 11) is 0. The van der Waals surface area contributed by atoms with Crippen molar-refractivity contribution >= 4 is 11.7 Å². The maximum Gasteiger partial charge on any atom is 0.245 e. The minimum absolute atomic E-state index is 0.110. The number of aryl methyl sites for hydroxylation is 1. The van der Waals surface area contributed by atoms with Crippen molar-refractivity contribution in [1.29, 1.82) is 0 Å². The summed E-state index contributed by atoms with van der Waals surface area (Å²) < 4.78 is 0. The van der Waals surface area contributed by atoms with Gasteiger partial charge in [0.1, 0.15) is 17.7 Å². The van der Waals surface area contributed by atoms with E-state index in [1.165, 1.54) is 5.56 Å². The van der Waals surface area contributed by atoms with Gasteiger partial charge in [-0.25, -0.2) is 9.97 Å². The Morgan fingerprint density at radius 2 is 1.96 bits per heavy atom. The molecule has 1 fully saturated rings.